The summed E-state index contributed by atoms with van der Waals surface area (Å²) >= 11 is 0. The maximum Gasteiger partial charge on any atom is 0.0226 e. The summed E-state index contributed by atoms with van der Waals surface area (Å²) in [5.41, 5.74) is 4.79. The maximum atomic E-state index is 3.66. The molecule has 0 aromatic carbocycles. The molecule has 1 aromatic rings. The Bertz CT molecular complexity index is 388. The van der Waals surface area contributed by atoms with Crippen molar-refractivity contribution in [2.24, 2.45) is 5.41 Å². The van der Waals surface area contributed by atoms with Crippen molar-refractivity contribution in [1.82, 2.24) is 9.88 Å². The Kier molecular flexibility index (Phi) is 2.87. The molecule has 1 saturated carbocycles. The van der Waals surface area contributed by atoms with Crippen LogP contribution in [0.4, 0.5) is 0 Å². The van der Waals surface area contributed by atoms with Gasteiger partial charge in [-0.2, -0.15) is 0 Å². The first-order valence-electron chi connectivity index (χ1n) is 6.34. The van der Waals surface area contributed by atoms with Crippen molar-refractivity contribution in [1.29, 1.82) is 0 Å². The van der Waals surface area contributed by atoms with Gasteiger partial charge in [-0.3, -0.25) is 0 Å². The van der Waals surface area contributed by atoms with E-state index in [1.807, 2.05) is 0 Å². The molecule has 1 fully saturated rings. The van der Waals surface area contributed by atoms with Gasteiger partial charge >= 0.3 is 0 Å². The van der Waals surface area contributed by atoms with Gasteiger partial charge in [-0.1, -0.05) is 13.8 Å². The first-order chi connectivity index (χ1) is 7.45. The highest BCUT2D eigenvalue weighted by molar-refractivity contribution is 5.27. The van der Waals surface area contributed by atoms with E-state index in [1.54, 1.807) is 0 Å². The third kappa shape index (κ3) is 2.03. The first kappa shape index (κ1) is 11.7. The lowest BCUT2D eigenvalue weighted by atomic mass is 10.2. The standard InChI is InChI=1S/C14H24N2/c1-6-16-10(2)7-12(11(16)3)9-15-13-8-14(13,4)5/h7,13,15H,6,8-9H2,1-5H3. The summed E-state index contributed by atoms with van der Waals surface area (Å²) in [6.45, 7) is 13.4. The van der Waals surface area contributed by atoms with Crippen LogP contribution in [0, 0.1) is 19.3 Å². The van der Waals surface area contributed by atoms with Gasteiger partial charge in [-0.15, -0.1) is 0 Å². The van der Waals surface area contributed by atoms with E-state index in [4.69, 9.17) is 0 Å². The van der Waals surface area contributed by atoms with Crippen molar-refractivity contribution in [3.8, 4) is 0 Å². The molecule has 2 nitrogen and oxygen atoms in total. The van der Waals surface area contributed by atoms with E-state index in [1.165, 1.54) is 23.4 Å². The van der Waals surface area contributed by atoms with Crippen molar-refractivity contribution in [3.05, 3.63) is 23.0 Å². The Hall–Kier alpha value is -0.760. The van der Waals surface area contributed by atoms with Crippen LogP contribution in [0.15, 0.2) is 6.07 Å². The summed E-state index contributed by atoms with van der Waals surface area (Å²) in [6.07, 6.45) is 1.32. The van der Waals surface area contributed by atoms with Crippen LogP contribution in [-0.4, -0.2) is 10.6 Å². The Labute approximate surface area is 99.0 Å². The molecule has 16 heavy (non-hydrogen) atoms. The summed E-state index contributed by atoms with van der Waals surface area (Å²) in [7, 11) is 0. The summed E-state index contributed by atoms with van der Waals surface area (Å²) < 4.78 is 2.38. The lowest BCUT2D eigenvalue weighted by Gasteiger charge is -2.08. The zero-order valence-electron chi connectivity index (χ0n) is 11.2. The van der Waals surface area contributed by atoms with Crippen LogP contribution in [0.1, 0.15) is 44.1 Å². The summed E-state index contributed by atoms with van der Waals surface area (Å²) in [6, 6.07) is 3.04. The molecule has 2 rings (SSSR count). The molecule has 0 amide bonds. The quantitative estimate of drug-likeness (QED) is 0.825. The van der Waals surface area contributed by atoms with Gasteiger partial charge in [0.05, 0.1) is 0 Å². The fraction of sp³-hybridized carbons (Fsp3) is 0.714. The normalized spacial score (nSPS) is 22.4. The van der Waals surface area contributed by atoms with Crippen molar-refractivity contribution in [3.63, 3.8) is 0 Å². The molecule has 1 atom stereocenters. The molecule has 1 N–H and O–H groups in total. The van der Waals surface area contributed by atoms with Gasteiger partial charge in [0.2, 0.25) is 0 Å². The van der Waals surface area contributed by atoms with E-state index < -0.39 is 0 Å². The highest BCUT2D eigenvalue weighted by atomic mass is 15.0. The zero-order valence-corrected chi connectivity index (χ0v) is 11.2. The van der Waals surface area contributed by atoms with Crippen LogP contribution in [0.25, 0.3) is 0 Å². The minimum atomic E-state index is 0.524. The molecule has 0 bridgehead atoms. The van der Waals surface area contributed by atoms with Gasteiger partial charge in [0.25, 0.3) is 0 Å². The second-order valence-electron chi connectivity index (χ2n) is 5.77. The number of nitrogens with one attached hydrogen (secondary N) is 1. The van der Waals surface area contributed by atoms with Crippen LogP contribution in [-0.2, 0) is 13.1 Å². The van der Waals surface area contributed by atoms with Gasteiger partial charge in [0.1, 0.15) is 0 Å². The molecular formula is C14H24N2. The maximum absolute atomic E-state index is 3.66. The number of nitrogens with zero attached hydrogens (tertiary/aromatic N) is 1. The average molecular weight is 220 g/mol. The molecule has 0 spiro atoms. The van der Waals surface area contributed by atoms with Crippen molar-refractivity contribution in [2.45, 2.75) is 60.2 Å². The van der Waals surface area contributed by atoms with Gasteiger partial charge < -0.3 is 9.88 Å². The summed E-state index contributed by atoms with van der Waals surface area (Å²) in [5, 5.41) is 3.66. The predicted octanol–water partition coefficient (Wildman–Crippen LogP) is 3.01. The summed E-state index contributed by atoms with van der Waals surface area (Å²) in [5.74, 6) is 0. The van der Waals surface area contributed by atoms with Crippen LogP contribution >= 0.6 is 0 Å². The predicted molar refractivity (Wildman–Crippen MR) is 68.6 cm³/mol. The Morgan fingerprint density at radius 1 is 1.44 bits per heavy atom. The van der Waals surface area contributed by atoms with Crippen LogP contribution in [0.3, 0.4) is 0 Å². The van der Waals surface area contributed by atoms with E-state index in [2.05, 4.69) is 50.6 Å². The SMILES string of the molecule is CCn1c(C)cc(CNC2CC2(C)C)c1C. The summed E-state index contributed by atoms with van der Waals surface area (Å²) in [4.78, 5) is 0. The van der Waals surface area contributed by atoms with Crippen molar-refractivity contribution < 1.29 is 0 Å². The fourth-order valence-corrected chi connectivity index (χ4v) is 2.59. The Balaban J connectivity index is 2.00. The first-order valence-corrected chi connectivity index (χ1v) is 6.34. The monoisotopic (exact) mass is 220 g/mol. The number of hydrogen-bond donors (Lipinski definition) is 1. The molecule has 1 unspecified atom stereocenters. The molecule has 1 aliphatic rings. The number of aromatic nitrogens is 1. The van der Waals surface area contributed by atoms with E-state index in [9.17, 15) is 0 Å². The molecule has 1 heterocycles. The molecule has 0 radical (unpaired) electrons. The number of aryl methyl sites for hydroxylation is 1. The van der Waals surface area contributed by atoms with Crippen molar-refractivity contribution >= 4 is 0 Å². The van der Waals surface area contributed by atoms with Crippen LogP contribution < -0.4 is 5.32 Å². The molecule has 0 aliphatic heterocycles. The minimum absolute atomic E-state index is 0.524. The van der Waals surface area contributed by atoms with Gasteiger partial charge in [0, 0.05) is 30.5 Å². The second kappa shape index (κ2) is 3.92. The largest absolute Gasteiger partial charge is 0.349 e. The van der Waals surface area contributed by atoms with E-state index >= 15 is 0 Å². The molecule has 0 saturated heterocycles. The molecule has 1 aromatic heterocycles. The highest BCUT2D eigenvalue weighted by Crippen LogP contribution is 2.44. The van der Waals surface area contributed by atoms with Gasteiger partial charge in [0.15, 0.2) is 0 Å². The second-order valence-corrected chi connectivity index (χ2v) is 5.77. The van der Waals surface area contributed by atoms with E-state index in [-0.39, 0.29) is 0 Å². The molecule has 1 aliphatic carbocycles. The molecule has 90 valence electrons. The zero-order chi connectivity index (χ0) is 11.9. The van der Waals surface area contributed by atoms with E-state index in [0.29, 0.717) is 5.41 Å². The average Bonchev–Trinajstić information content (AvgIpc) is 2.71. The third-order valence-electron chi connectivity index (χ3n) is 4.05. The number of hydrogen-bond acceptors (Lipinski definition) is 1. The molecule has 2 heteroatoms. The van der Waals surface area contributed by atoms with Gasteiger partial charge in [-0.25, -0.2) is 0 Å². The minimum Gasteiger partial charge on any atom is -0.349 e. The topological polar surface area (TPSA) is 17.0 Å². The van der Waals surface area contributed by atoms with E-state index in [0.717, 1.165) is 19.1 Å². The van der Waals surface area contributed by atoms with Gasteiger partial charge in [-0.05, 0) is 44.2 Å². The Morgan fingerprint density at radius 3 is 2.50 bits per heavy atom. The van der Waals surface area contributed by atoms with Crippen molar-refractivity contribution in [2.75, 3.05) is 0 Å². The fourth-order valence-electron chi connectivity index (χ4n) is 2.59. The number of rotatable bonds is 4. The smallest absolute Gasteiger partial charge is 0.0226 e. The lowest BCUT2D eigenvalue weighted by Crippen LogP contribution is -2.20. The van der Waals surface area contributed by atoms with Crippen LogP contribution in [0.5, 0.6) is 0 Å². The molecular weight excluding hydrogens is 196 g/mol. The van der Waals surface area contributed by atoms with Crippen LogP contribution in [0.2, 0.25) is 0 Å². The third-order valence-corrected chi connectivity index (χ3v) is 4.05. The highest BCUT2D eigenvalue weighted by Gasteiger charge is 2.45. The lowest BCUT2D eigenvalue weighted by molar-refractivity contribution is 0.540. The Morgan fingerprint density at radius 2 is 2.06 bits per heavy atom.